The van der Waals surface area contributed by atoms with Crippen molar-refractivity contribution in [1.29, 1.82) is 0 Å². The fourth-order valence-electron chi connectivity index (χ4n) is 3.25. The van der Waals surface area contributed by atoms with E-state index in [0.717, 1.165) is 35.3 Å². The van der Waals surface area contributed by atoms with E-state index in [1.54, 1.807) is 0 Å². The summed E-state index contributed by atoms with van der Waals surface area (Å²) < 4.78 is 0. The van der Waals surface area contributed by atoms with Crippen LogP contribution >= 0.6 is 0 Å². The van der Waals surface area contributed by atoms with Gasteiger partial charge >= 0.3 is 0 Å². The number of rotatable bonds is 3. The zero-order valence-corrected chi connectivity index (χ0v) is 15.1. The fraction of sp³-hybridized carbons (Fsp3) is 0.333. The van der Waals surface area contributed by atoms with Crippen LogP contribution < -0.4 is 5.32 Å². The first-order chi connectivity index (χ1) is 12.0. The molecule has 130 valence electrons. The van der Waals surface area contributed by atoms with Gasteiger partial charge in [-0.05, 0) is 55.2 Å². The number of carbonyl (C=O) groups excluding carboxylic acids is 2. The number of anilines is 1. The van der Waals surface area contributed by atoms with Crippen molar-refractivity contribution < 1.29 is 9.59 Å². The summed E-state index contributed by atoms with van der Waals surface area (Å²) in [6, 6.07) is 11.9. The van der Waals surface area contributed by atoms with E-state index in [2.05, 4.69) is 11.4 Å². The minimum absolute atomic E-state index is 0.0987. The molecule has 4 heteroatoms. The maximum atomic E-state index is 12.6. The summed E-state index contributed by atoms with van der Waals surface area (Å²) in [5, 5.41) is 2.99. The SMILES string of the molecule is CCC(=O)N1CCc2ccc(NC(=O)c3cc(C)ccc3C)cc2C1. The second-order valence-corrected chi connectivity index (χ2v) is 6.67. The Bertz CT molecular complexity index is 827. The minimum Gasteiger partial charge on any atom is -0.338 e. The summed E-state index contributed by atoms with van der Waals surface area (Å²) in [7, 11) is 0. The van der Waals surface area contributed by atoms with Gasteiger partial charge in [-0.1, -0.05) is 30.7 Å². The summed E-state index contributed by atoms with van der Waals surface area (Å²) in [5.74, 6) is 0.0777. The molecule has 0 aromatic heterocycles. The van der Waals surface area contributed by atoms with Gasteiger partial charge < -0.3 is 10.2 Å². The van der Waals surface area contributed by atoms with E-state index in [-0.39, 0.29) is 11.8 Å². The van der Waals surface area contributed by atoms with Gasteiger partial charge in [0.05, 0.1) is 0 Å². The van der Waals surface area contributed by atoms with Crippen LogP contribution in [0.15, 0.2) is 36.4 Å². The molecule has 0 unspecified atom stereocenters. The lowest BCUT2D eigenvalue weighted by atomic mass is 9.98. The topological polar surface area (TPSA) is 49.4 Å². The molecule has 25 heavy (non-hydrogen) atoms. The van der Waals surface area contributed by atoms with Crippen molar-refractivity contribution in [3.63, 3.8) is 0 Å². The van der Waals surface area contributed by atoms with E-state index in [4.69, 9.17) is 0 Å². The lowest BCUT2D eigenvalue weighted by Crippen LogP contribution is -2.35. The van der Waals surface area contributed by atoms with Gasteiger partial charge in [0.1, 0.15) is 0 Å². The summed E-state index contributed by atoms with van der Waals surface area (Å²) in [6.45, 7) is 7.20. The Hall–Kier alpha value is -2.62. The molecule has 2 aromatic rings. The minimum atomic E-state index is -0.0987. The zero-order valence-electron chi connectivity index (χ0n) is 15.1. The van der Waals surface area contributed by atoms with Crippen LogP contribution in [-0.2, 0) is 17.8 Å². The molecule has 0 fully saturated rings. The summed E-state index contributed by atoms with van der Waals surface area (Å²) in [5.41, 5.74) is 5.86. The third-order valence-electron chi connectivity index (χ3n) is 4.77. The Morgan fingerprint density at radius 1 is 1.08 bits per heavy atom. The smallest absolute Gasteiger partial charge is 0.255 e. The number of carbonyl (C=O) groups is 2. The summed E-state index contributed by atoms with van der Waals surface area (Å²) in [6.07, 6.45) is 1.39. The average molecular weight is 336 g/mol. The molecule has 0 atom stereocenters. The third-order valence-corrected chi connectivity index (χ3v) is 4.77. The number of nitrogens with one attached hydrogen (secondary N) is 1. The molecule has 1 N–H and O–H groups in total. The van der Waals surface area contributed by atoms with Gasteiger partial charge in [-0.15, -0.1) is 0 Å². The molecule has 2 aromatic carbocycles. The molecule has 3 rings (SSSR count). The highest BCUT2D eigenvalue weighted by molar-refractivity contribution is 6.05. The van der Waals surface area contributed by atoms with Crippen molar-refractivity contribution in [3.05, 3.63) is 64.2 Å². The molecule has 1 aliphatic heterocycles. The maximum Gasteiger partial charge on any atom is 0.255 e. The van der Waals surface area contributed by atoms with Gasteiger partial charge in [-0.2, -0.15) is 0 Å². The number of nitrogens with zero attached hydrogens (tertiary/aromatic N) is 1. The molecule has 2 amide bonds. The van der Waals surface area contributed by atoms with Crippen molar-refractivity contribution in [2.75, 3.05) is 11.9 Å². The number of hydrogen-bond donors (Lipinski definition) is 1. The molecule has 0 saturated carbocycles. The van der Waals surface area contributed by atoms with Crippen molar-refractivity contribution in [3.8, 4) is 0 Å². The Morgan fingerprint density at radius 2 is 1.88 bits per heavy atom. The summed E-state index contributed by atoms with van der Waals surface area (Å²) >= 11 is 0. The van der Waals surface area contributed by atoms with Gasteiger partial charge in [0.25, 0.3) is 5.91 Å². The van der Waals surface area contributed by atoms with Crippen LogP contribution in [0.5, 0.6) is 0 Å². The second-order valence-electron chi connectivity index (χ2n) is 6.67. The third kappa shape index (κ3) is 3.73. The monoisotopic (exact) mass is 336 g/mol. The number of benzene rings is 2. The van der Waals surface area contributed by atoms with Crippen LogP contribution in [0.1, 0.15) is 46.0 Å². The van der Waals surface area contributed by atoms with E-state index in [9.17, 15) is 9.59 Å². The van der Waals surface area contributed by atoms with E-state index < -0.39 is 0 Å². The predicted molar refractivity (Wildman–Crippen MR) is 99.7 cm³/mol. The highest BCUT2D eigenvalue weighted by Gasteiger charge is 2.20. The molecule has 4 nitrogen and oxygen atoms in total. The van der Waals surface area contributed by atoms with Crippen LogP contribution in [0.25, 0.3) is 0 Å². The van der Waals surface area contributed by atoms with Gasteiger partial charge in [0.15, 0.2) is 0 Å². The molecule has 0 spiro atoms. The van der Waals surface area contributed by atoms with Crippen molar-refractivity contribution in [2.24, 2.45) is 0 Å². The number of amides is 2. The van der Waals surface area contributed by atoms with Crippen LogP contribution in [0.2, 0.25) is 0 Å². The first-order valence-electron chi connectivity index (χ1n) is 8.76. The van der Waals surface area contributed by atoms with Crippen molar-refractivity contribution in [2.45, 2.75) is 40.2 Å². The lowest BCUT2D eigenvalue weighted by Gasteiger charge is -2.29. The molecule has 0 bridgehead atoms. The van der Waals surface area contributed by atoms with Crippen LogP contribution in [0, 0.1) is 13.8 Å². The van der Waals surface area contributed by atoms with Crippen LogP contribution in [0.4, 0.5) is 5.69 Å². The maximum absolute atomic E-state index is 12.6. The highest BCUT2D eigenvalue weighted by Crippen LogP contribution is 2.24. The molecule has 0 radical (unpaired) electrons. The Balaban J connectivity index is 1.79. The standard InChI is InChI=1S/C21H24N2O2/c1-4-20(24)23-10-9-16-7-8-18(12-17(16)13-23)22-21(25)19-11-14(2)5-6-15(19)3/h5-8,11-12H,4,9-10,13H2,1-3H3,(H,22,25). The lowest BCUT2D eigenvalue weighted by molar-refractivity contribution is -0.131. The average Bonchev–Trinajstić information content (AvgIpc) is 2.62. The molecular weight excluding hydrogens is 312 g/mol. The van der Waals surface area contributed by atoms with Gasteiger partial charge in [0, 0.05) is 30.8 Å². The number of fused-ring (bicyclic) bond motifs is 1. The van der Waals surface area contributed by atoms with Crippen LogP contribution in [-0.4, -0.2) is 23.3 Å². The van der Waals surface area contributed by atoms with Crippen molar-refractivity contribution >= 4 is 17.5 Å². The largest absolute Gasteiger partial charge is 0.338 e. The van der Waals surface area contributed by atoms with E-state index >= 15 is 0 Å². The Morgan fingerprint density at radius 3 is 2.64 bits per heavy atom. The normalized spacial score (nSPS) is 13.3. The van der Waals surface area contributed by atoms with Crippen LogP contribution in [0.3, 0.4) is 0 Å². The first kappa shape index (κ1) is 17.2. The molecular formula is C21H24N2O2. The van der Waals surface area contributed by atoms with E-state index in [1.807, 2.05) is 56.0 Å². The second kappa shape index (κ2) is 7.09. The number of aryl methyl sites for hydroxylation is 2. The Labute approximate surface area is 148 Å². The first-order valence-corrected chi connectivity index (χ1v) is 8.76. The zero-order chi connectivity index (χ0) is 18.0. The Kier molecular flexibility index (Phi) is 4.88. The highest BCUT2D eigenvalue weighted by atomic mass is 16.2. The van der Waals surface area contributed by atoms with Crippen molar-refractivity contribution in [1.82, 2.24) is 4.90 Å². The molecule has 0 aliphatic carbocycles. The quantitative estimate of drug-likeness (QED) is 0.925. The van der Waals surface area contributed by atoms with Gasteiger partial charge in [-0.25, -0.2) is 0 Å². The van der Waals surface area contributed by atoms with Gasteiger partial charge in [-0.3, -0.25) is 9.59 Å². The summed E-state index contributed by atoms with van der Waals surface area (Å²) in [4.78, 5) is 26.4. The molecule has 1 aliphatic rings. The molecule has 0 saturated heterocycles. The van der Waals surface area contributed by atoms with E-state index in [1.165, 1.54) is 5.56 Å². The number of hydrogen-bond acceptors (Lipinski definition) is 2. The predicted octanol–water partition coefficient (Wildman–Crippen LogP) is 3.85. The molecule has 1 heterocycles. The van der Waals surface area contributed by atoms with Gasteiger partial charge in [0.2, 0.25) is 5.91 Å². The fourth-order valence-corrected chi connectivity index (χ4v) is 3.25. The van der Waals surface area contributed by atoms with E-state index in [0.29, 0.717) is 18.5 Å².